The van der Waals surface area contributed by atoms with Crippen molar-refractivity contribution >= 4 is 148 Å². The van der Waals surface area contributed by atoms with Gasteiger partial charge >= 0.3 is 17.1 Å². The zero-order valence-electron chi connectivity index (χ0n) is 48.3. The molecule has 26 nitrogen and oxygen atoms in total. The van der Waals surface area contributed by atoms with Crippen LogP contribution in [0.1, 0.15) is 0 Å². The molecule has 18 rings (SSSR count). The number of halogens is 2. The van der Waals surface area contributed by atoms with Crippen molar-refractivity contribution in [1.82, 2.24) is 79.7 Å². The Kier molecular flexibility index (Phi) is 14.0. The van der Waals surface area contributed by atoms with Crippen LogP contribution in [-0.4, -0.2) is 123 Å². The summed E-state index contributed by atoms with van der Waals surface area (Å²) in [5.41, 5.74) is 6.94. The van der Waals surface area contributed by atoms with Crippen LogP contribution in [0.5, 0.6) is 0 Å². The molecule has 4 aliphatic heterocycles. The van der Waals surface area contributed by atoms with Gasteiger partial charge in [-0.25, -0.2) is 93.5 Å². The second-order valence-electron chi connectivity index (χ2n) is 21.9. The van der Waals surface area contributed by atoms with Gasteiger partial charge < -0.3 is 29.0 Å². The van der Waals surface area contributed by atoms with Gasteiger partial charge in [0.25, 0.3) is 18.1 Å². The number of rotatable bonds is 4. The molecule has 0 atom stereocenters. The van der Waals surface area contributed by atoms with E-state index in [0.717, 1.165) is 33.7 Å². The van der Waals surface area contributed by atoms with Gasteiger partial charge in [-0.1, -0.05) is 146 Å². The zero-order chi connectivity index (χ0) is 65.9. The minimum Gasteiger partial charge on any atom is -0.744 e. The topological polar surface area (TPSA) is 401 Å². The van der Waals surface area contributed by atoms with Crippen LogP contribution in [0.3, 0.4) is 0 Å². The molecule has 14 aromatic rings. The van der Waals surface area contributed by atoms with Crippen molar-refractivity contribution in [3.8, 4) is 91.1 Å². The average Bonchev–Trinajstić information content (AvgIpc) is 1.64. The zero-order valence-corrected chi connectivity index (χ0v) is 54.0. The largest absolute Gasteiger partial charge is 2.00 e. The minimum absolute atomic E-state index is 0. The summed E-state index contributed by atoms with van der Waals surface area (Å²) in [7, 11) is -8.61. The maximum absolute atomic E-state index is 13.0. The van der Waals surface area contributed by atoms with E-state index < -0.39 is 57.9 Å². The first kappa shape index (κ1) is 61.2. The van der Waals surface area contributed by atoms with Crippen molar-refractivity contribution < 1.29 is 59.8 Å². The molecule has 33 heteroatoms. The number of fused-ring (bicyclic) bond motifs is 40. The maximum Gasteiger partial charge on any atom is 2.00 e. The van der Waals surface area contributed by atoms with Gasteiger partial charge in [-0.3, -0.25) is 0 Å². The first-order chi connectivity index (χ1) is 46.1. The van der Waals surface area contributed by atoms with Crippen molar-refractivity contribution in [2.75, 3.05) is 0 Å². The monoisotopic (exact) mass is 1450 g/mol. The molecule has 97 heavy (non-hydrogen) atoms. The number of hydrogen-bond donors (Lipinski definition) is 4. The molecule has 10 heterocycles. The molecule has 477 valence electrons. The van der Waals surface area contributed by atoms with E-state index in [1.54, 1.807) is 24.3 Å². The molecule has 0 saturated heterocycles. The molecule has 0 aliphatic carbocycles. The summed E-state index contributed by atoms with van der Waals surface area (Å²) in [5, 5.41) is 2.93. The Balaban J connectivity index is 0.000000151. The summed E-state index contributed by atoms with van der Waals surface area (Å²) in [6.07, 6.45) is 0. The van der Waals surface area contributed by atoms with Gasteiger partial charge in [0.1, 0.15) is 75.2 Å². The maximum atomic E-state index is 13.0. The van der Waals surface area contributed by atoms with E-state index in [2.05, 4.69) is 19.9 Å². The molecule has 4 N–H and O–H groups in total. The fourth-order valence-corrected chi connectivity index (χ4v) is 17.4. The normalized spacial score (nSPS) is 12.6. The van der Waals surface area contributed by atoms with E-state index >= 15 is 0 Å². The molecule has 4 aliphatic rings. The number of aromatic amines is 4. The Morgan fingerprint density at radius 3 is 0.670 bits per heavy atom. The molecule has 16 bridgehead atoms. The van der Waals surface area contributed by atoms with Gasteiger partial charge in [0, 0.05) is 109 Å². The van der Waals surface area contributed by atoms with Gasteiger partial charge in [-0.2, -0.15) is 0 Å². The van der Waals surface area contributed by atoms with Crippen LogP contribution in [0.4, 0.5) is 0 Å². The number of nitrogens with zero attached hydrogens (tertiary/aromatic N) is 12. The number of hydrogen-bond acceptors (Lipinski definition) is 22. The minimum atomic E-state index is -5.30. The van der Waals surface area contributed by atoms with E-state index in [1.165, 1.54) is 12.1 Å². The van der Waals surface area contributed by atoms with Crippen LogP contribution in [0.25, 0.3) is 179 Å². The average molecular weight is 1450 g/mol. The van der Waals surface area contributed by atoms with E-state index in [4.69, 9.17) is 81.2 Å². The van der Waals surface area contributed by atoms with E-state index in [-0.39, 0.29) is 84.5 Å². The summed E-state index contributed by atoms with van der Waals surface area (Å²) in [5.74, 6) is 2.09. The first-order valence-electron chi connectivity index (χ1n) is 28.4. The Morgan fingerprint density at radius 1 is 0.258 bits per heavy atom. The second kappa shape index (κ2) is 22.2. The SMILES string of the molecule is O=S(=O)([O-])c1ccc2c3nc4nc(nc5[nH]c(nc6nc(nc([nH]3)c2c1S(=O)(=O)Cl)-c1ccccc1-6)c1ccccc51)-c1ccccc1-4.O=S(=O)([O-])c1ccc2c3nc4nc(nc5[nH]c(nc6nc(nc([nH]3)c2c1S(=O)(=O)Cl)-c1ccccc1-6)c1ccccc51)-c1ccccc1-4.[Cu+2]. The summed E-state index contributed by atoms with van der Waals surface area (Å²) >= 11 is 0. The molecular weight excluding hydrogens is 1420 g/mol. The standard InChI is InChI=1S/2C32H17ClN8O5S2.Cu/c2*33-47(42,43)24-22(48(44,45)46)14-13-21-23(24)32-40-30-20-12-6-5-11-19(20)28(38-30)36-26-16-8-2-1-7-15(16)25(34-26)35-27-17-9-3-4-10-18(17)29(37-27)39-31(21)41-32;/h2*1-14H,(H,44,45,46)(H2,34,35,36,37,38,39,40,41);/q;;+2/p-2. The summed E-state index contributed by atoms with van der Waals surface area (Å²) < 4.78 is 126. The quantitative estimate of drug-likeness (QED) is 0.0722. The Bertz CT molecular complexity index is 6360. The van der Waals surface area contributed by atoms with Crippen LogP contribution >= 0.6 is 21.4 Å². The fraction of sp³-hybridized carbons (Fsp3) is 0. The van der Waals surface area contributed by atoms with Crippen LogP contribution in [0.15, 0.2) is 189 Å². The van der Waals surface area contributed by atoms with Crippen LogP contribution in [0, 0.1) is 0 Å². The molecule has 0 fully saturated rings. The fourth-order valence-electron chi connectivity index (χ4n) is 12.2. The molecule has 0 spiro atoms. The molecule has 0 amide bonds. The summed E-state index contributed by atoms with van der Waals surface area (Å²) in [6, 6.07) is 48.6. The van der Waals surface area contributed by atoms with Gasteiger partial charge in [-0.15, -0.1) is 0 Å². The van der Waals surface area contributed by atoms with E-state index in [9.17, 15) is 42.8 Å². The Morgan fingerprint density at radius 2 is 0.454 bits per heavy atom. The van der Waals surface area contributed by atoms with Crippen molar-refractivity contribution in [3.05, 3.63) is 170 Å². The van der Waals surface area contributed by atoms with Gasteiger partial charge in [-0.05, 0) is 24.3 Å². The van der Waals surface area contributed by atoms with Crippen molar-refractivity contribution in [1.29, 1.82) is 0 Å². The molecule has 8 aromatic carbocycles. The number of aromatic nitrogens is 16. The van der Waals surface area contributed by atoms with Gasteiger partial charge in [0.15, 0.2) is 46.6 Å². The second-order valence-corrected chi connectivity index (χ2v) is 29.6. The number of benzene rings is 8. The Labute approximate surface area is 564 Å². The van der Waals surface area contributed by atoms with Crippen LogP contribution in [-0.2, 0) is 55.4 Å². The third-order valence-corrected chi connectivity index (χ3v) is 21.1. The molecule has 1 radical (unpaired) electrons. The van der Waals surface area contributed by atoms with Crippen LogP contribution in [0.2, 0.25) is 0 Å². The predicted molar refractivity (Wildman–Crippen MR) is 354 cm³/mol. The molecule has 0 unspecified atom stereocenters. The summed E-state index contributed by atoms with van der Waals surface area (Å²) in [6.45, 7) is 0. The number of nitrogens with one attached hydrogen (secondary N) is 4. The predicted octanol–water partition coefficient (Wildman–Crippen LogP) is 11.4. The van der Waals surface area contributed by atoms with Crippen molar-refractivity contribution in [3.63, 3.8) is 0 Å². The third kappa shape index (κ3) is 10.2. The van der Waals surface area contributed by atoms with Gasteiger partial charge in [0.2, 0.25) is 0 Å². The van der Waals surface area contributed by atoms with E-state index in [0.29, 0.717) is 90.4 Å². The third-order valence-electron chi connectivity index (χ3n) is 16.3. The number of H-pyrrole nitrogens is 4. The first-order valence-corrected chi connectivity index (χ1v) is 35.9. The van der Waals surface area contributed by atoms with Crippen LogP contribution < -0.4 is 0 Å². The molecule has 6 aromatic heterocycles. The van der Waals surface area contributed by atoms with Crippen molar-refractivity contribution in [2.45, 2.75) is 19.6 Å². The molecular formula is C64H32Cl2CuN16O10S4. The Hall–Kier alpha value is -10.7. The van der Waals surface area contributed by atoms with Crippen molar-refractivity contribution in [2.24, 2.45) is 0 Å². The van der Waals surface area contributed by atoms with Gasteiger partial charge in [0.05, 0.1) is 9.79 Å². The summed E-state index contributed by atoms with van der Waals surface area (Å²) in [4.78, 5) is 66.2. The molecule has 0 saturated carbocycles. The smallest absolute Gasteiger partial charge is 0.744 e. The van der Waals surface area contributed by atoms with E-state index in [1.807, 2.05) is 121 Å².